The standard InChI is InChI=1S/C14H18N4O/c1-3-13(9-15-4-1)10-17-7-8-19-14(11-17)12-18-6-2-5-16-18/h1-6,9,14H,7-8,10-12H2. The number of hydrogen-bond acceptors (Lipinski definition) is 4. The van der Waals surface area contributed by atoms with Crippen LogP contribution in [0.15, 0.2) is 43.0 Å². The fraction of sp³-hybridized carbons (Fsp3) is 0.429. The monoisotopic (exact) mass is 258 g/mol. The van der Waals surface area contributed by atoms with Gasteiger partial charge in [0.1, 0.15) is 0 Å². The highest BCUT2D eigenvalue weighted by Gasteiger charge is 2.20. The number of hydrogen-bond donors (Lipinski definition) is 0. The Morgan fingerprint density at radius 2 is 2.32 bits per heavy atom. The first-order valence-electron chi connectivity index (χ1n) is 6.60. The summed E-state index contributed by atoms with van der Waals surface area (Å²) in [5.41, 5.74) is 1.25. The summed E-state index contributed by atoms with van der Waals surface area (Å²) in [5.74, 6) is 0. The molecule has 0 amide bonds. The minimum absolute atomic E-state index is 0.213. The second-order valence-corrected chi connectivity index (χ2v) is 4.82. The molecule has 1 aliphatic heterocycles. The largest absolute Gasteiger partial charge is 0.374 e. The van der Waals surface area contributed by atoms with Crippen LogP contribution in [0.25, 0.3) is 0 Å². The number of ether oxygens (including phenoxy) is 1. The molecule has 0 radical (unpaired) electrons. The molecule has 5 nitrogen and oxygen atoms in total. The van der Waals surface area contributed by atoms with Crippen molar-refractivity contribution in [2.75, 3.05) is 19.7 Å². The molecule has 100 valence electrons. The number of morpholine rings is 1. The van der Waals surface area contributed by atoms with Crippen LogP contribution in [-0.2, 0) is 17.8 Å². The number of pyridine rings is 1. The Labute approximate surface area is 112 Å². The Morgan fingerprint density at radius 1 is 1.32 bits per heavy atom. The quantitative estimate of drug-likeness (QED) is 0.826. The maximum atomic E-state index is 5.80. The summed E-state index contributed by atoms with van der Waals surface area (Å²) in [6.45, 7) is 4.45. The normalized spacial score (nSPS) is 20.5. The van der Waals surface area contributed by atoms with E-state index < -0.39 is 0 Å². The van der Waals surface area contributed by atoms with Gasteiger partial charge in [-0.15, -0.1) is 0 Å². The van der Waals surface area contributed by atoms with Crippen molar-refractivity contribution in [1.29, 1.82) is 0 Å². The van der Waals surface area contributed by atoms with Crippen molar-refractivity contribution in [2.24, 2.45) is 0 Å². The summed E-state index contributed by atoms with van der Waals surface area (Å²) in [7, 11) is 0. The van der Waals surface area contributed by atoms with Crippen LogP contribution in [0.5, 0.6) is 0 Å². The Morgan fingerprint density at radius 3 is 3.11 bits per heavy atom. The molecular weight excluding hydrogens is 240 g/mol. The molecule has 0 bridgehead atoms. The molecular formula is C14H18N4O. The molecule has 1 unspecified atom stereocenters. The maximum absolute atomic E-state index is 5.80. The van der Waals surface area contributed by atoms with Gasteiger partial charge in [-0.3, -0.25) is 14.6 Å². The second kappa shape index (κ2) is 5.95. The van der Waals surface area contributed by atoms with Crippen LogP contribution in [0.2, 0.25) is 0 Å². The first-order valence-corrected chi connectivity index (χ1v) is 6.60. The summed E-state index contributed by atoms with van der Waals surface area (Å²) >= 11 is 0. The summed E-state index contributed by atoms with van der Waals surface area (Å²) in [6.07, 6.45) is 7.73. The summed E-state index contributed by atoms with van der Waals surface area (Å²) in [6, 6.07) is 6.04. The predicted molar refractivity (Wildman–Crippen MR) is 71.5 cm³/mol. The van der Waals surface area contributed by atoms with E-state index in [9.17, 15) is 0 Å². The highest BCUT2D eigenvalue weighted by atomic mass is 16.5. The van der Waals surface area contributed by atoms with E-state index in [1.807, 2.05) is 35.4 Å². The molecule has 1 fully saturated rings. The Hall–Kier alpha value is -1.72. The average Bonchev–Trinajstić information content (AvgIpc) is 2.93. The summed E-state index contributed by atoms with van der Waals surface area (Å²) in [5, 5.41) is 4.23. The molecule has 3 rings (SSSR count). The van der Waals surface area contributed by atoms with Crippen LogP contribution in [0.1, 0.15) is 5.56 Å². The lowest BCUT2D eigenvalue weighted by atomic mass is 10.2. The van der Waals surface area contributed by atoms with Gasteiger partial charge in [-0.05, 0) is 17.7 Å². The van der Waals surface area contributed by atoms with Crippen LogP contribution in [0.3, 0.4) is 0 Å². The third kappa shape index (κ3) is 3.39. The molecule has 2 aromatic rings. The van der Waals surface area contributed by atoms with Gasteiger partial charge < -0.3 is 4.74 Å². The number of nitrogens with zero attached hydrogens (tertiary/aromatic N) is 4. The van der Waals surface area contributed by atoms with Gasteiger partial charge in [-0.1, -0.05) is 6.07 Å². The first kappa shape index (κ1) is 12.3. The van der Waals surface area contributed by atoms with E-state index in [-0.39, 0.29) is 6.10 Å². The smallest absolute Gasteiger partial charge is 0.0898 e. The third-order valence-electron chi connectivity index (χ3n) is 3.30. The topological polar surface area (TPSA) is 43.2 Å². The SMILES string of the molecule is c1cncc(CN2CCOC(Cn3cccn3)C2)c1. The van der Waals surface area contributed by atoms with Gasteiger partial charge in [-0.25, -0.2) is 0 Å². The third-order valence-corrected chi connectivity index (χ3v) is 3.30. The van der Waals surface area contributed by atoms with Crippen molar-refractivity contribution >= 4 is 0 Å². The average molecular weight is 258 g/mol. The fourth-order valence-corrected chi connectivity index (χ4v) is 2.40. The van der Waals surface area contributed by atoms with Crippen LogP contribution in [-0.4, -0.2) is 45.5 Å². The molecule has 2 aromatic heterocycles. The van der Waals surface area contributed by atoms with Gasteiger partial charge in [0, 0.05) is 44.4 Å². The van der Waals surface area contributed by atoms with E-state index in [0.717, 1.165) is 32.8 Å². The predicted octanol–water partition coefficient (Wildman–Crippen LogP) is 1.18. The van der Waals surface area contributed by atoms with Crippen LogP contribution < -0.4 is 0 Å². The van der Waals surface area contributed by atoms with E-state index in [0.29, 0.717) is 0 Å². The maximum Gasteiger partial charge on any atom is 0.0898 e. The van der Waals surface area contributed by atoms with Gasteiger partial charge in [0.25, 0.3) is 0 Å². The van der Waals surface area contributed by atoms with Crippen molar-refractivity contribution in [3.8, 4) is 0 Å². The fourth-order valence-electron chi connectivity index (χ4n) is 2.40. The summed E-state index contributed by atoms with van der Waals surface area (Å²) in [4.78, 5) is 6.57. The van der Waals surface area contributed by atoms with Crippen molar-refractivity contribution in [2.45, 2.75) is 19.2 Å². The van der Waals surface area contributed by atoms with Gasteiger partial charge in [0.05, 0.1) is 19.3 Å². The van der Waals surface area contributed by atoms with Gasteiger partial charge in [-0.2, -0.15) is 5.10 Å². The zero-order valence-electron chi connectivity index (χ0n) is 10.9. The molecule has 0 aliphatic carbocycles. The minimum atomic E-state index is 0.213. The van der Waals surface area contributed by atoms with Crippen molar-refractivity contribution in [3.05, 3.63) is 48.5 Å². The van der Waals surface area contributed by atoms with Crippen LogP contribution >= 0.6 is 0 Å². The van der Waals surface area contributed by atoms with Crippen LogP contribution in [0, 0.1) is 0 Å². The van der Waals surface area contributed by atoms with E-state index in [1.54, 1.807) is 6.20 Å². The van der Waals surface area contributed by atoms with Crippen LogP contribution in [0.4, 0.5) is 0 Å². The van der Waals surface area contributed by atoms with Gasteiger partial charge >= 0.3 is 0 Å². The lowest BCUT2D eigenvalue weighted by molar-refractivity contribution is -0.0402. The Kier molecular flexibility index (Phi) is 3.86. The molecule has 1 atom stereocenters. The molecule has 3 heterocycles. The number of aromatic nitrogens is 3. The Bertz CT molecular complexity index is 485. The molecule has 1 aliphatic rings. The summed E-state index contributed by atoms with van der Waals surface area (Å²) < 4.78 is 7.73. The molecule has 0 saturated carbocycles. The Balaban J connectivity index is 1.56. The highest BCUT2D eigenvalue weighted by Crippen LogP contribution is 2.11. The van der Waals surface area contributed by atoms with Crippen molar-refractivity contribution in [3.63, 3.8) is 0 Å². The van der Waals surface area contributed by atoms with Crippen molar-refractivity contribution < 1.29 is 4.74 Å². The van der Waals surface area contributed by atoms with E-state index in [2.05, 4.69) is 21.0 Å². The number of rotatable bonds is 4. The molecule has 0 spiro atoms. The van der Waals surface area contributed by atoms with E-state index in [4.69, 9.17) is 4.74 Å². The molecule has 0 aromatic carbocycles. The zero-order valence-corrected chi connectivity index (χ0v) is 10.9. The molecule has 1 saturated heterocycles. The van der Waals surface area contributed by atoms with E-state index >= 15 is 0 Å². The zero-order chi connectivity index (χ0) is 12.9. The highest BCUT2D eigenvalue weighted by molar-refractivity contribution is 5.08. The lowest BCUT2D eigenvalue weighted by Gasteiger charge is -2.32. The van der Waals surface area contributed by atoms with Gasteiger partial charge in [0.2, 0.25) is 0 Å². The van der Waals surface area contributed by atoms with E-state index in [1.165, 1.54) is 5.56 Å². The molecule has 0 N–H and O–H groups in total. The minimum Gasteiger partial charge on any atom is -0.374 e. The second-order valence-electron chi connectivity index (χ2n) is 4.82. The van der Waals surface area contributed by atoms with Crippen molar-refractivity contribution in [1.82, 2.24) is 19.7 Å². The molecule has 5 heteroatoms. The molecule has 19 heavy (non-hydrogen) atoms. The lowest BCUT2D eigenvalue weighted by Crippen LogP contribution is -2.43. The van der Waals surface area contributed by atoms with Gasteiger partial charge in [0.15, 0.2) is 0 Å². The first-order chi connectivity index (χ1) is 9.40.